The van der Waals surface area contributed by atoms with E-state index in [1.807, 2.05) is 0 Å². The van der Waals surface area contributed by atoms with Crippen molar-refractivity contribution in [3.63, 3.8) is 0 Å². The van der Waals surface area contributed by atoms with Crippen LogP contribution in [0.2, 0.25) is 0 Å². The molecule has 14 nitrogen and oxygen atoms in total. The lowest BCUT2D eigenvalue weighted by atomic mass is 10.1. The summed E-state index contributed by atoms with van der Waals surface area (Å²) in [5.74, 6) is -2.95. The van der Waals surface area contributed by atoms with Gasteiger partial charge in [0, 0.05) is 58.4 Å². The number of carboxylic acids is 2. The third-order valence-corrected chi connectivity index (χ3v) is 5.61. The Bertz CT molecular complexity index is 765. The molecule has 0 heterocycles. The minimum absolute atomic E-state index is 0.00554. The number of carbonyl (C=O) groups is 5. The Balaban J connectivity index is 3.44. The van der Waals surface area contributed by atoms with Crippen LogP contribution in [0.4, 0.5) is 0 Å². The zero-order valence-corrected chi connectivity index (χ0v) is 23.8. The standard InChI is InChI=1S/C27H46N3O11/c31-15-5-8-22(27(37)38)30-25(34)12-11-24(33)29-14-7-17-40-19-21-41-20-18-39-16-6-13-28-23(32)9-3-1-2-4-10-26(35)36/h22H,1-14,16-21H2,(H,28,32)(H,29,33)(H,30,34)(H,35,36)(H,37,38). The fourth-order valence-corrected chi connectivity index (χ4v) is 3.39. The third-order valence-electron chi connectivity index (χ3n) is 5.61. The maximum atomic E-state index is 11.8. The first-order valence-electron chi connectivity index (χ1n) is 14.1. The number of carbonyl (C=O) groups excluding carboxylic acids is 4. The predicted molar refractivity (Wildman–Crippen MR) is 147 cm³/mol. The first-order valence-corrected chi connectivity index (χ1v) is 14.1. The Morgan fingerprint density at radius 3 is 1.61 bits per heavy atom. The van der Waals surface area contributed by atoms with Crippen molar-refractivity contribution in [3.8, 4) is 0 Å². The second-order valence-electron chi connectivity index (χ2n) is 9.19. The van der Waals surface area contributed by atoms with Crippen molar-refractivity contribution in [2.45, 2.75) is 83.1 Å². The lowest BCUT2D eigenvalue weighted by Gasteiger charge is -2.13. The van der Waals surface area contributed by atoms with Crippen LogP contribution in [0.1, 0.15) is 77.0 Å². The van der Waals surface area contributed by atoms with Crippen molar-refractivity contribution in [2.24, 2.45) is 0 Å². The van der Waals surface area contributed by atoms with Crippen molar-refractivity contribution in [1.29, 1.82) is 0 Å². The summed E-state index contributed by atoms with van der Waals surface area (Å²) in [6, 6.07) is -1.18. The van der Waals surface area contributed by atoms with Gasteiger partial charge in [-0.1, -0.05) is 12.8 Å². The largest absolute Gasteiger partial charge is 0.481 e. The second kappa shape index (κ2) is 27.1. The van der Waals surface area contributed by atoms with Crippen LogP contribution in [-0.2, 0) is 43.0 Å². The summed E-state index contributed by atoms with van der Waals surface area (Å²) in [7, 11) is 0. The predicted octanol–water partition coefficient (Wildman–Crippen LogP) is 0.714. The SMILES string of the molecule is O=[C]CCC(NC(=O)CCC(=O)NCCCOCCOCCOCCCNC(=O)CCCCCCC(=O)O)C(=O)O. The first-order chi connectivity index (χ1) is 19.8. The van der Waals surface area contributed by atoms with E-state index in [-0.39, 0.29) is 43.9 Å². The van der Waals surface area contributed by atoms with Gasteiger partial charge in [-0.15, -0.1) is 0 Å². The molecule has 1 unspecified atom stereocenters. The molecule has 1 radical (unpaired) electrons. The van der Waals surface area contributed by atoms with Crippen molar-refractivity contribution in [1.82, 2.24) is 16.0 Å². The number of unbranched alkanes of at least 4 members (excludes halogenated alkanes) is 3. The summed E-state index contributed by atoms with van der Waals surface area (Å²) in [6.07, 6.45) is 6.14. The van der Waals surface area contributed by atoms with Crippen LogP contribution in [0, 0.1) is 0 Å². The van der Waals surface area contributed by atoms with Gasteiger partial charge in [0.2, 0.25) is 17.7 Å². The van der Waals surface area contributed by atoms with Crippen LogP contribution in [-0.4, -0.2) is 105 Å². The molecule has 0 aliphatic rings. The molecule has 0 aliphatic heterocycles. The highest BCUT2D eigenvalue weighted by atomic mass is 16.5. The molecule has 0 bridgehead atoms. The highest BCUT2D eigenvalue weighted by Gasteiger charge is 2.19. The van der Waals surface area contributed by atoms with Gasteiger partial charge in [0.15, 0.2) is 6.29 Å². The molecular formula is C27H46N3O11. The Morgan fingerprint density at radius 2 is 1.10 bits per heavy atom. The molecule has 5 N–H and O–H groups in total. The van der Waals surface area contributed by atoms with Crippen LogP contribution in [0.3, 0.4) is 0 Å². The smallest absolute Gasteiger partial charge is 0.326 e. The monoisotopic (exact) mass is 588 g/mol. The molecule has 0 aromatic rings. The van der Waals surface area contributed by atoms with Gasteiger partial charge in [0.1, 0.15) is 6.04 Å². The number of aliphatic carboxylic acids is 2. The molecule has 0 aromatic carbocycles. The van der Waals surface area contributed by atoms with E-state index in [1.165, 1.54) is 0 Å². The molecule has 41 heavy (non-hydrogen) atoms. The first kappa shape index (κ1) is 37.9. The molecule has 1 atom stereocenters. The molecular weight excluding hydrogens is 542 g/mol. The number of nitrogens with one attached hydrogen (secondary N) is 3. The molecule has 0 spiro atoms. The molecule has 0 aromatic heterocycles. The highest BCUT2D eigenvalue weighted by Crippen LogP contribution is 2.05. The molecule has 14 heteroatoms. The fourth-order valence-electron chi connectivity index (χ4n) is 3.39. The van der Waals surface area contributed by atoms with Crippen LogP contribution in [0.5, 0.6) is 0 Å². The average molecular weight is 589 g/mol. The normalized spacial score (nSPS) is 11.4. The van der Waals surface area contributed by atoms with E-state index >= 15 is 0 Å². The van der Waals surface area contributed by atoms with Crippen LogP contribution in [0.15, 0.2) is 0 Å². The van der Waals surface area contributed by atoms with Crippen molar-refractivity contribution >= 4 is 35.9 Å². The Labute approximate surface area is 241 Å². The van der Waals surface area contributed by atoms with Crippen LogP contribution >= 0.6 is 0 Å². The molecule has 0 rings (SSSR count). The van der Waals surface area contributed by atoms with Gasteiger partial charge in [-0.05, 0) is 32.1 Å². The molecule has 0 fully saturated rings. The van der Waals surface area contributed by atoms with E-state index in [2.05, 4.69) is 16.0 Å². The third kappa shape index (κ3) is 26.9. The highest BCUT2D eigenvalue weighted by molar-refractivity contribution is 5.87. The van der Waals surface area contributed by atoms with E-state index < -0.39 is 23.9 Å². The Morgan fingerprint density at radius 1 is 0.610 bits per heavy atom. The summed E-state index contributed by atoms with van der Waals surface area (Å²) in [4.78, 5) is 67.0. The van der Waals surface area contributed by atoms with Crippen molar-refractivity contribution < 1.29 is 53.2 Å². The van der Waals surface area contributed by atoms with E-state index in [0.717, 1.165) is 19.3 Å². The minimum Gasteiger partial charge on any atom is -0.481 e. The number of ether oxygens (including phenoxy) is 3. The summed E-state index contributed by atoms with van der Waals surface area (Å²) in [5.41, 5.74) is 0. The van der Waals surface area contributed by atoms with Gasteiger partial charge in [-0.3, -0.25) is 24.0 Å². The molecule has 0 saturated carbocycles. The van der Waals surface area contributed by atoms with Gasteiger partial charge in [0.05, 0.1) is 26.4 Å². The maximum Gasteiger partial charge on any atom is 0.326 e. The molecule has 0 saturated heterocycles. The van der Waals surface area contributed by atoms with E-state index in [9.17, 15) is 28.8 Å². The second-order valence-corrected chi connectivity index (χ2v) is 9.19. The number of rotatable bonds is 29. The summed E-state index contributed by atoms with van der Waals surface area (Å²) >= 11 is 0. The van der Waals surface area contributed by atoms with Gasteiger partial charge in [-0.25, -0.2) is 4.79 Å². The number of carboxylic acid groups (broad SMARTS) is 2. The number of hydrogen-bond donors (Lipinski definition) is 5. The molecule has 235 valence electrons. The fraction of sp³-hybridized carbons (Fsp3) is 0.778. The quantitative estimate of drug-likeness (QED) is 0.0769. The van der Waals surface area contributed by atoms with E-state index in [0.29, 0.717) is 78.4 Å². The van der Waals surface area contributed by atoms with Gasteiger partial charge >= 0.3 is 11.9 Å². The summed E-state index contributed by atoms with van der Waals surface area (Å²) < 4.78 is 16.3. The zero-order valence-electron chi connectivity index (χ0n) is 23.8. The maximum absolute atomic E-state index is 11.8. The van der Waals surface area contributed by atoms with E-state index in [4.69, 9.17) is 24.4 Å². The van der Waals surface area contributed by atoms with Crippen LogP contribution < -0.4 is 16.0 Å². The van der Waals surface area contributed by atoms with Crippen molar-refractivity contribution in [3.05, 3.63) is 0 Å². The number of hydrogen-bond acceptors (Lipinski definition) is 9. The Hall–Kier alpha value is -3.10. The zero-order chi connectivity index (χ0) is 30.6. The van der Waals surface area contributed by atoms with Gasteiger partial charge in [0.25, 0.3) is 0 Å². The summed E-state index contributed by atoms with van der Waals surface area (Å²) in [5, 5.41) is 25.4. The lowest BCUT2D eigenvalue weighted by Crippen LogP contribution is -2.41. The van der Waals surface area contributed by atoms with Gasteiger partial charge in [-0.2, -0.15) is 0 Å². The van der Waals surface area contributed by atoms with Crippen molar-refractivity contribution in [2.75, 3.05) is 52.7 Å². The number of amides is 3. The summed E-state index contributed by atoms with van der Waals surface area (Å²) in [6.45, 7) is 3.49. The molecule has 3 amide bonds. The lowest BCUT2D eigenvalue weighted by molar-refractivity contribution is -0.142. The topological polar surface area (TPSA) is 207 Å². The average Bonchev–Trinajstić information content (AvgIpc) is 2.93. The minimum atomic E-state index is -1.25. The molecule has 0 aliphatic carbocycles. The van der Waals surface area contributed by atoms with Gasteiger partial charge < -0.3 is 40.4 Å². The van der Waals surface area contributed by atoms with E-state index in [1.54, 1.807) is 6.29 Å². The van der Waals surface area contributed by atoms with Crippen LogP contribution in [0.25, 0.3) is 0 Å². The Kier molecular flexibility index (Phi) is 25.0.